The van der Waals surface area contributed by atoms with E-state index in [4.69, 9.17) is 23.2 Å². The first-order valence-corrected chi connectivity index (χ1v) is 7.82. The lowest BCUT2D eigenvalue weighted by molar-refractivity contribution is 0.766. The Labute approximate surface area is 130 Å². The number of anilines is 2. The van der Waals surface area contributed by atoms with Gasteiger partial charge in [-0.05, 0) is 49.1 Å². The van der Waals surface area contributed by atoms with E-state index in [2.05, 4.69) is 42.2 Å². The largest absolute Gasteiger partial charge is 0.340 e. The highest BCUT2D eigenvalue weighted by Crippen LogP contribution is 2.38. The van der Waals surface area contributed by atoms with E-state index in [0.717, 1.165) is 35.7 Å². The van der Waals surface area contributed by atoms with Crippen LogP contribution in [0, 0.1) is 6.92 Å². The van der Waals surface area contributed by atoms with E-state index < -0.39 is 0 Å². The molecule has 0 spiro atoms. The van der Waals surface area contributed by atoms with Gasteiger partial charge in [0.1, 0.15) is 0 Å². The molecule has 2 aromatic carbocycles. The van der Waals surface area contributed by atoms with Gasteiger partial charge >= 0.3 is 0 Å². The summed E-state index contributed by atoms with van der Waals surface area (Å²) >= 11 is 12.3. The number of aryl methyl sites for hydroxylation is 2. The molecule has 0 radical (unpaired) electrons. The van der Waals surface area contributed by atoms with Gasteiger partial charge in [0.25, 0.3) is 0 Å². The highest BCUT2D eigenvalue weighted by atomic mass is 35.5. The summed E-state index contributed by atoms with van der Waals surface area (Å²) in [6, 6.07) is 12.7. The Morgan fingerprint density at radius 2 is 1.90 bits per heavy atom. The van der Waals surface area contributed by atoms with Crippen molar-refractivity contribution in [3.63, 3.8) is 0 Å². The van der Waals surface area contributed by atoms with E-state index in [9.17, 15) is 0 Å². The van der Waals surface area contributed by atoms with Crippen molar-refractivity contribution in [2.24, 2.45) is 0 Å². The molecule has 104 valence electrons. The lowest BCUT2D eigenvalue weighted by Crippen LogP contribution is -2.24. The van der Waals surface area contributed by atoms with Crippen LogP contribution in [0.5, 0.6) is 0 Å². The van der Waals surface area contributed by atoms with Gasteiger partial charge in [0.15, 0.2) is 0 Å². The van der Waals surface area contributed by atoms with E-state index in [0.29, 0.717) is 5.88 Å². The zero-order valence-corrected chi connectivity index (χ0v) is 13.0. The summed E-state index contributed by atoms with van der Waals surface area (Å²) in [4.78, 5) is 2.32. The van der Waals surface area contributed by atoms with Crippen molar-refractivity contribution in [2.45, 2.75) is 25.6 Å². The molecule has 0 unspecified atom stereocenters. The number of alkyl halides is 1. The molecule has 0 saturated carbocycles. The number of rotatable bonds is 2. The SMILES string of the molecule is Cc1ccc2c(c1)CCCN2c1ccc(CCl)cc1Cl. The van der Waals surface area contributed by atoms with Crippen molar-refractivity contribution in [1.82, 2.24) is 0 Å². The Morgan fingerprint density at radius 3 is 2.65 bits per heavy atom. The zero-order valence-electron chi connectivity index (χ0n) is 11.5. The summed E-state index contributed by atoms with van der Waals surface area (Å²) in [7, 11) is 0. The number of benzene rings is 2. The third-order valence-electron chi connectivity index (χ3n) is 3.81. The molecule has 0 saturated heterocycles. The van der Waals surface area contributed by atoms with Gasteiger partial charge in [-0.15, -0.1) is 11.6 Å². The fourth-order valence-corrected chi connectivity index (χ4v) is 3.30. The molecule has 2 aromatic rings. The minimum atomic E-state index is 0.496. The van der Waals surface area contributed by atoms with Crippen LogP contribution in [0.25, 0.3) is 0 Å². The lowest BCUT2D eigenvalue weighted by Gasteiger charge is -2.32. The van der Waals surface area contributed by atoms with Crippen molar-refractivity contribution in [1.29, 1.82) is 0 Å². The molecule has 0 bridgehead atoms. The van der Waals surface area contributed by atoms with Crippen LogP contribution in [0.4, 0.5) is 11.4 Å². The first-order valence-electron chi connectivity index (χ1n) is 6.90. The maximum atomic E-state index is 6.44. The van der Waals surface area contributed by atoms with Crippen LogP contribution in [0.1, 0.15) is 23.1 Å². The molecule has 3 rings (SSSR count). The van der Waals surface area contributed by atoms with E-state index in [1.807, 2.05) is 6.07 Å². The van der Waals surface area contributed by atoms with Gasteiger partial charge in [0, 0.05) is 18.1 Å². The number of fused-ring (bicyclic) bond motifs is 1. The van der Waals surface area contributed by atoms with E-state index >= 15 is 0 Å². The summed E-state index contributed by atoms with van der Waals surface area (Å²) < 4.78 is 0. The molecule has 0 amide bonds. The molecule has 1 aliphatic heterocycles. The van der Waals surface area contributed by atoms with Gasteiger partial charge in [-0.3, -0.25) is 0 Å². The summed E-state index contributed by atoms with van der Waals surface area (Å²) in [5.74, 6) is 0.496. The van der Waals surface area contributed by atoms with Crippen molar-refractivity contribution in [3.8, 4) is 0 Å². The Bertz CT molecular complexity index is 637. The molecular weight excluding hydrogens is 289 g/mol. The maximum Gasteiger partial charge on any atom is 0.0646 e. The van der Waals surface area contributed by atoms with Crippen LogP contribution in [-0.2, 0) is 12.3 Å². The maximum absolute atomic E-state index is 6.44. The predicted molar refractivity (Wildman–Crippen MR) is 87.5 cm³/mol. The van der Waals surface area contributed by atoms with Gasteiger partial charge in [-0.25, -0.2) is 0 Å². The highest BCUT2D eigenvalue weighted by Gasteiger charge is 2.20. The molecule has 1 nitrogen and oxygen atoms in total. The average molecular weight is 306 g/mol. The van der Waals surface area contributed by atoms with Crippen LogP contribution in [0.15, 0.2) is 36.4 Å². The highest BCUT2D eigenvalue weighted by molar-refractivity contribution is 6.33. The third kappa shape index (κ3) is 2.53. The fraction of sp³-hybridized carbons (Fsp3) is 0.294. The van der Waals surface area contributed by atoms with Gasteiger partial charge < -0.3 is 4.90 Å². The smallest absolute Gasteiger partial charge is 0.0646 e. The zero-order chi connectivity index (χ0) is 14.1. The Morgan fingerprint density at radius 1 is 1.10 bits per heavy atom. The third-order valence-corrected chi connectivity index (χ3v) is 4.42. The summed E-state index contributed by atoms with van der Waals surface area (Å²) in [6.45, 7) is 3.15. The van der Waals surface area contributed by atoms with Crippen LogP contribution in [-0.4, -0.2) is 6.54 Å². The second-order valence-corrected chi connectivity index (χ2v) is 5.98. The van der Waals surface area contributed by atoms with Crippen LogP contribution >= 0.6 is 23.2 Å². The number of halogens is 2. The van der Waals surface area contributed by atoms with Crippen molar-refractivity contribution < 1.29 is 0 Å². The second kappa shape index (κ2) is 5.67. The van der Waals surface area contributed by atoms with Gasteiger partial charge in [0.05, 0.1) is 10.7 Å². The molecule has 0 aromatic heterocycles. The second-order valence-electron chi connectivity index (χ2n) is 5.31. The molecule has 0 fully saturated rings. The van der Waals surface area contributed by atoms with Crippen molar-refractivity contribution >= 4 is 34.6 Å². The molecule has 20 heavy (non-hydrogen) atoms. The number of hydrogen-bond acceptors (Lipinski definition) is 1. The molecule has 0 aliphatic carbocycles. The van der Waals surface area contributed by atoms with Gasteiger partial charge in [-0.2, -0.15) is 0 Å². The predicted octanol–water partition coefficient (Wildman–Crippen LogP) is 5.47. The van der Waals surface area contributed by atoms with Gasteiger partial charge in [0.2, 0.25) is 0 Å². The minimum absolute atomic E-state index is 0.496. The summed E-state index contributed by atoms with van der Waals surface area (Å²) in [6.07, 6.45) is 2.30. The molecule has 0 N–H and O–H groups in total. The molecular formula is C17H17Cl2N. The van der Waals surface area contributed by atoms with Crippen LogP contribution in [0.3, 0.4) is 0 Å². The Hall–Kier alpha value is -1.18. The monoisotopic (exact) mass is 305 g/mol. The lowest BCUT2D eigenvalue weighted by atomic mass is 9.99. The van der Waals surface area contributed by atoms with Crippen molar-refractivity contribution in [2.75, 3.05) is 11.4 Å². The molecule has 1 aliphatic rings. The first-order chi connectivity index (χ1) is 9.69. The topological polar surface area (TPSA) is 3.24 Å². The van der Waals surface area contributed by atoms with Crippen LogP contribution < -0.4 is 4.90 Å². The van der Waals surface area contributed by atoms with E-state index in [-0.39, 0.29) is 0 Å². The quantitative estimate of drug-likeness (QED) is 0.665. The normalized spacial score (nSPS) is 14.2. The number of hydrogen-bond donors (Lipinski definition) is 0. The molecule has 0 atom stereocenters. The summed E-state index contributed by atoms with van der Waals surface area (Å²) in [5, 5.41) is 0.775. The fourth-order valence-electron chi connectivity index (χ4n) is 2.83. The Balaban J connectivity index is 2.04. The van der Waals surface area contributed by atoms with Crippen LogP contribution in [0.2, 0.25) is 5.02 Å². The van der Waals surface area contributed by atoms with E-state index in [1.54, 1.807) is 0 Å². The number of nitrogens with zero attached hydrogens (tertiary/aromatic N) is 1. The standard InChI is InChI=1S/C17H17Cl2N/c1-12-4-6-16-14(9-12)3-2-8-20(16)17-7-5-13(11-18)10-15(17)19/h4-7,9-10H,2-3,8,11H2,1H3. The molecule has 1 heterocycles. The summed E-state index contributed by atoms with van der Waals surface area (Å²) in [5.41, 5.74) is 6.14. The first kappa shape index (κ1) is 13.8. The average Bonchev–Trinajstić information content (AvgIpc) is 2.46. The minimum Gasteiger partial charge on any atom is -0.340 e. The van der Waals surface area contributed by atoms with E-state index in [1.165, 1.54) is 16.8 Å². The van der Waals surface area contributed by atoms with Gasteiger partial charge in [-0.1, -0.05) is 35.4 Å². The van der Waals surface area contributed by atoms with Crippen molar-refractivity contribution in [3.05, 3.63) is 58.1 Å². The molecule has 3 heteroatoms. The Kier molecular flexibility index (Phi) is 3.91.